The fourth-order valence-corrected chi connectivity index (χ4v) is 4.30. The van der Waals surface area contributed by atoms with Crippen LogP contribution in [0.1, 0.15) is 33.0 Å². The van der Waals surface area contributed by atoms with E-state index in [1.54, 1.807) is 0 Å². The van der Waals surface area contributed by atoms with E-state index in [1.165, 1.54) is 30.3 Å². The molecule has 4 amide bonds. The highest BCUT2D eigenvalue weighted by molar-refractivity contribution is 6.50. The van der Waals surface area contributed by atoms with Gasteiger partial charge in [-0.15, -0.1) is 0 Å². The van der Waals surface area contributed by atoms with Gasteiger partial charge in [0.1, 0.15) is 13.9 Å². The number of hydrogen-bond acceptors (Lipinski definition) is 4. The number of nitrogens with zero attached hydrogens (tertiary/aromatic N) is 1. The maximum atomic E-state index is 14.6. The predicted molar refractivity (Wildman–Crippen MR) is 129 cm³/mol. The lowest BCUT2D eigenvalue weighted by Crippen LogP contribution is -2.62. The van der Waals surface area contributed by atoms with Crippen molar-refractivity contribution in [3.8, 4) is 0 Å². The van der Waals surface area contributed by atoms with Crippen molar-refractivity contribution >= 4 is 66.6 Å². The fraction of sp³-hybridized carbons (Fsp3) is 0.273. The maximum absolute atomic E-state index is 14.6. The normalized spacial score (nSPS) is 22.1. The highest BCUT2D eigenvalue weighted by Gasteiger charge is 2.51. The molecule has 4 rings (SSSR count). The molecule has 0 aliphatic carbocycles. The van der Waals surface area contributed by atoms with Gasteiger partial charge in [-0.25, -0.2) is 0 Å². The molecular formula is C22H14B4ClF2N3O4. The zero-order chi connectivity index (χ0) is 26.6. The number of rotatable bonds is 5. The Bertz CT molecular complexity index is 1280. The van der Waals surface area contributed by atoms with Gasteiger partial charge in [0.15, 0.2) is 0 Å². The fourth-order valence-electron chi connectivity index (χ4n) is 4.17. The van der Waals surface area contributed by atoms with Crippen LogP contribution in [-0.2, 0) is 26.9 Å². The smallest absolute Gasteiger partial charge is 0.349 e. The number of nitrogens with one attached hydrogen (secondary N) is 2. The van der Waals surface area contributed by atoms with Crippen LogP contribution >= 0.6 is 11.6 Å². The van der Waals surface area contributed by atoms with E-state index < -0.39 is 58.1 Å². The molecular weight excluding hydrogens is 487 g/mol. The molecule has 1 fully saturated rings. The highest BCUT2D eigenvalue weighted by Crippen LogP contribution is 2.43. The molecule has 2 aliphatic heterocycles. The van der Waals surface area contributed by atoms with Gasteiger partial charge >= 0.3 is 5.92 Å². The van der Waals surface area contributed by atoms with Crippen LogP contribution in [-0.4, -0.2) is 66.0 Å². The van der Waals surface area contributed by atoms with E-state index in [0.717, 1.165) is 17.0 Å². The Labute approximate surface area is 215 Å². The number of benzene rings is 2. The van der Waals surface area contributed by atoms with Crippen molar-refractivity contribution in [1.82, 2.24) is 15.5 Å². The van der Waals surface area contributed by atoms with Crippen molar-refractivity contribution in [2.24, 2.45) is 0 Å². The molecule has 2 aromatic carbocycles. The molecule has 0 aromatic heterocycles. The molecule has 3 atom stereocenters. The minimum absolute atomic E-state index is 0.154. The second kappa shape index (κ2) is 9.10. The summed E-state index contributed by atoms with van der Waals surface area (Å²) in [5.41, 5.74) is 0.204. The summed E-state index contributed by atoms with van der Waals surface area (Å²) >= 11 is 5.71. The van der Waals surface area contributed by atoms with Gasteiger partial charge in [-0.1, -0.05) is 41.1 Å². The number of imide groups is 1. The molecule has 36 heavy (non-hydrogen) atoms. The maximum Gasteiger partial charge on any atom is 0.349 e. The molecule has 0 bridgehead atoms. The standard InChI is InChI=1S/C22H14B4ClF2N3O4/c23-14-17(33)31-18(34)15(21(14,25)26)32-8-10-7-9(1-6-13(10)19(32)35)16(24)30-20(36)22(28,29)11-2-4-12(27)5-3-11/h1-7,14-16H,8H2,(H,30,36)(H,31,33,34). The second-order valence-corrected chi connectivity index (χ2v) is 9.05. The lowest BCUT2D eigenvalue weighted by atomic mass is 9.39. The van der Waals surface area contributed by atoms with E-state index in [9.17, 15) is 28.0 Å². The van der Waals surface area contributed by atoms with Crippen LogP contribution in [0.2, 0.25) is 16.1 Å². The summed E-state index contributed by atoms with van der Waals surface area (Å²) in [4.78, 5) is 50.7. The first-order valence-corrected chi connectivity index (χ1v) is 10.9. The van der Waals surface area contributed by atoms with Gasteiger partial charge in [0, 0.05) is 28.6 Å². The first-order valence-electron chi connectivity index (χ1n) is 10.6. The number of hydrogen-bond donors (Lipinski definition) is 2. The topological polar surface area (TPSA) is 95.6 Å². The Morgan fingerprint density at radius 2 is 1.78 bits per heavy atom. The second-order valence-electron chi connectivity index (χ2n) is 8.62. The van der Waals surface area contributed by atoms with E-state index in [0.29, 0.717) is 5.56 Å². The van der Waals surface area contributed by atoms with Gasteiger partial charge in [-0.05, 0) is 35.1 Å². The summed E-state index contributed by atoms with van der Waals surface area (Å²) in [7, 11) is 23.7. The van der Waals surface area contributed by atoms with E-state index in [2.05, 4.69) is 5.32 Å². The van der Waals surface area contributed by atoms with Gasteiger partial charge in [0.25, 0.3) is 11.8 Å². The van der Waals surface area contributed by atoms with Crippen molar-refractivity contribution in [2.45, 2.75) is 35.5 Å². The Morgan fingerprint density at radius 3 is 2.42 bits per heavy atom. The third-order valence-corrected chi connectivity index (χ3v) is 6.45. The number of alkyl halides is 2. The number of carbonyl (C=O) groups excluding carboxylic acids is 4. The highest BCUT2D eigenvalue weighted by atomic mass is 35.5. The number of carbonyl (C=O) groups is 4. The van der Waals surface area contributed by atoms with Crippen LogP contribution in [0.25, 0.3) is 0 Å². The first-order chi connectivity index (χ1) is 16.7. The van der Waals surface area contributed by atoms with Crippen LogP contribution in [0.4, 0.5) is 8.78 Å². The summed E-state index contributed by atoms with van der Waals surface area (Å²) in [5.74, 6) is -10.7. The minimum atomic E-state index is -3.89. The molecule has 1 saturated heterocycles. The lowest BCUT2D eigenvalue weighted by molar-refractivity contribution is -0.147. The molecule has 2 heterocycles. The van der Waals surface area contributed by atoms with E-state index in [-0.39, 0.29) is 22.7 Å². The van der Waals surface area contributed by atoms with Crippen LogP contribution in [0, 0.1) is 0 Å². The van der Waals surface area contributed by atoms with Crippen molar-refractivity contribution in [3.63, 3.8) is 0 Å². The third-order valence-electron chi connectivity index (χ3n) is 6.20. The van der Waals surface area contributed by atoms with Crippen LogP contribution in [0.15, 0.2) is 42.5 Å². The Morgan fingerprint density at radius 1 is 1.14 bits per heavy atom. The molecule has 174 valence electrons. The Balaban J connectivity index is 1.53. The molecule has 14 heteroatoms. The summed E-state index contributed by atoms with van der Waals surface area (Å²) in [6.45, 7) is -0.154. The molecule has 2 N–H and O–H groups in total. The van der Waals surface area contributed by atoms with Gasteiger partial charge in [0.2, 0.25) is 11.8 Å². The van der Waals surface area contributed by atoms with Crippen molar-refractivity contribution in [3.05, 3.63) is 69.7 Å². The SMILES string of the molecule is [B]C(NC(=O)C(F)(F)c1ccc(Cl)cc1)c1ccc2c(c1)CN(C1C(=O)NC(=O)C([B])C1([B])[B])C2=O. The zero-order valence-corrected chi connectivity index (χ0v) is 19.3. The molecule has 3 unspecified atom stereocenters. The molecule has 7 nitrogen and oxygen atoms in total. The zero-order valence-electron chi connectivity index (χ0n) is 18.5. The number of halogens is 3. The average molecular weight is 501 g/mol. The summed E-state index contributed by atoms with van der Waals surface area (Å²) in [6, 6.07) is 7.23. The third kappa shape index (κ3) is 4.34. The first kappa shape index (κ1) is 26.0. The lowest BCUT2D eigenvalue weighted by Gasteiger charge is -2.46. The van der Waals surface area contributed by atoms with E-state index >= 15 is 0 Å². The molecule has 0 spiro atoms. The number of fused-ring (bicyclic) bond motifs is 1. The number of piperidine rings is 1. The summed E-state index contributed by atoms with van der Waals surface area (Å²) < 4.78 is 29.2. The van der Waals surface area contributed by atoms with Gasteiger partial charge in [-0.2, -0.15) is 8.78 Å². The molecule has 2 aliphatic rings. The van der Waals surface area contributed by atoms with Gasteiger partial charge in [-0.3, -0.25) is 24.5 Å². The predicted octanol–water partition coefficient (Wildman–Crippen LogP) is 0.806. The Kier molecular flexibility index (Phi) is 6.58. The van der Waals surface area contributed by atoms with Crippen molar-refractivity contribution in [1.29, 1.82) is 0 Å². The van der Waals surface area contributed by atoms with E-state index in [4.69, 9.17) is 43.0 Å². The summed E-state index contributed by atoms with van der Waals surface area (Å²) in [6.07, 6.45) is 0. The number of amides is 4. The minimum Gasteiger partial charge on any atom is -0.352 e. The molecule has 2 aromatic rings. The van der Waals surface area contributed by atoms with Crippen molar-refractivity contribution < 1.29 is 28.0 Å². The largest absolute Gasteiger partial charge is 0.352 e. The molecule has 0 saturated carbocycles. The van der Waals surface area contributed by atoms with Crippen LogP contribution in [0.5, 0.6) is 0 Å². The average Bonchev–Trinajstić information content (AvgIpc) is 3.12. The van der Waals surface area contributed by atoms with Crippen LogP contribution < -0.4 is 10.6 Å². The molecule has 8 radical (unpaired) electrons. The van der Waals surface area contributed by atoms with E-state index in [1.807, 2.05) is 5.32 Å². The quantitative estimate of drug-likeness (QED) is 0.469. The Hall–Kier alpha value is -3.07. The monoisotopic (exact) mass is 501 g/mol. The van der Waals surface area contributed by atoms with Crippen LogP contribution in [0.3, 0.4) is 0 Å². The van der Waals surface area contributed by atoms with Gasteiger partial charge < -0.3 is 10.2 Å². The van der Waals surface area contributed by atoms with Crippen molar-refractivity contribution in [2.75, 3.05) is 0 Å². The summed E-state index contributed by atoms with van der Waals surface area (Å²) in [5, 5.41) is 2.28. The van der Waals surface area contributed by atoms with Gasteiger partial charge in [0.05, 0.1) is 23.5 Å².